The van der Waals surface area contributed by atoms with E-state index in [9.17, 15) is 14.0 Å². The first kappa shape index (κ1) is 25.6. The number of halogens is 4. The molecule has 11 heteroatoms. The molecule has 1 fully saturated rings. The number of ether oxygens (including phenoxy) is 1. The van der Waals surface area contributed by atoms with E-state index in [0.717, 1.165) is 24.2 Å². The Kier molecular flexibility index (Phi) is 7.88. The summed E-state index contributed by atoms with van der Waals surface area (Å²) < 4.78 is 34.6. The molecule has 0 aliphatic carbocycles. The third kappa shape index (κ3) is 3.94. The summed E-state index contributed by atoms with van der Waals surface area (Å²) in [5.74, 6) is 0.899. The summed E-state index contributed by atoms with van der Waals surface area (Å²) in [6.45, 7) is 5.34. The van der Waals surface area contributed by atoms with Gasteiger partial charge in [0.2, 0.25) is 0 Å². The van der Waals surface area contributed by atoms with Crippen molar-refractivity contribution in [3.63, 3.8) is 0 Å². The molecular weight excluding hydrogens is 461 g/mol. The summed E-state index contributed by atoms with van der Waals surface area (Å²) in [5, 5.41) is 17.3. The number of nitrogens with zero attached hydrogens (tertiary/aromatic N) is 4. The Morgan fingerprint density at radius 2 is 2.03 bits per heavy atom. The van der Waals surface area contributed by atoms with E-state index >= 15 is 0 Å². The minimum absolute atomic E-state index is 0. The maximum absolute atomic E-state index is 13.7. The van der Waals surface area contributed by atoms with Crippen molar-refractivity contribution in [1.29, 1.82) is 5.26 Å². The molecule has 3 N–H and O–H groups in total. The van der Waals surface area contributed by atoms with Crippen LogP contribution < -0.4 is 15.8 Å². The molecule has 2 aromatic heterocycles. The van der Waals surface area contributed by atoms with Crippen molar-refractivity contribution < 1.29 is 13.5 Å². The average Bonchev–Trinajstić information content (AvgIpc) is 3.08. The molecule has 1 saturated heterocycles. The Morgan fingerprint density at radius 3 is 2.56 bits per heavy atom. The van der Waals surface area contributed by atoms with Gasteiger partial charge in [-0.25, -0.2) is 13.8 Å². The van der Waals surface area contributed by atoms with Crippen LogP contribution in [0.15, 0.2) is 18.3 Å². The standard InChI is InChI=1S/C21H22F2N6O.2ClH/c1-10-12(7-24)6-14(19(30-3)16(10)13-8-26-9-13)11(2)29-15-4-5-27-21(25)17(15)18(28-29)20(22)23;;/h4-6,11,13,20,26H,8-9H2,1-3H3,(H2,25,27);2*1H. The van der Waals surface area contributed by atoms with E-state index < -0.39 is 18.2 Å². The van der Waals surface area contributed by atoms with Gasteiger partial charge < -0.3 is 15.8 Å². The van der Waals surface area contributed by atoms with Gasteiger partial charge in [0.1, 0.15) is 17.3 Å². The number of aromatic nitrogens is 3. The Morgan fingerprint density at radius 1 is 1.34 bits per heavy atom. The zero-order chi connectivity index (χ0) is 21.6. The summed E-state index contributed by atoms with van der Waals surface area (Å²) in [6, 6.07) is 5.15. The van der Waals surface area contributed by atoms with Crippen LogP contribution in [0.4, 0.5) is 14.6 Å². The molecule has 0 spiro atoms. The highest BCUT2D eigenvalue weighted by Gasteiger charge is 2.31. The van der Waals surface area contributed by atoms with E-state index in [0.29, 0.717) is 22.4 Å². The smallest absolute Gasteiger partial charge is 0.282 e. The number of nitriles is 1. The summed E-state index contributed by atoms with van der Waals surface area (Å²) in [5.41, 5.74) is 9.04. The summed E-state index contributed by atoms with van der Waals surface area (Å²) in [7, 11) is 1.58. The number of nitrogens with two attached hydrogens (primary N) is 1. The topological polar surface area (TPSA) is 102 Å². The van der Waals surface area contributed by atoms with Gasteiger partial charge in [-0.05, 0) is 31.5 Å². The van der Waals surface area contributed by atoms with Gasteiger partial charge in [0.25, 0.3) is 6.43 Å². The lowest BCUT2D eigenvalue weighted by atomic mass is 9.84. The number of hydrogen-bond acceptors (Lipinski definition) is 6. The SMILES string of the molecule is COc1c(C(C)n2nc(C(F)F)c3c(N)nccc32)cc(C#N)c(C)c1C1CNC1.Cl.Cl. The molecule has 4 rings (SSSR count). The highest BCUT2D eigenvalue weighted by molar-refractivity contribution is 5.91. The van der Waals surface area contributed by atoms with E-state index in [1.165, 1.54) is 10.9 Å². The molecule has 172 valence electrons. The molecule has 1 unspecified atom stereocenters. The minimum Gasteiger partial charge on any atom is -0.496 e. The number of rotatable bonds is 5. The Bertz CT molecular complexity index is 1170. The maximum atomic E-state index is 13.7. The second-order valence-electron chi connectivity index (χ2n) is 7.45. The highest BCUT2D eigenvalue weighted by atomic mass is 35.5. The fourth-order valence-electron chi connectivity index (χ4n) is 4.16. The van der Waals surface area contributed by atoms with Gasteiger partial charge in [-0.1, -0.05) is 0 Å². The van der Waals surface area contributed by atoms with E-state index in [4.69, 9.17) is 10.5 Å². The highest BCUT2D eigenvalue weighted by Crippen LogP contribution is 2.41. The fraction of sp³-hybridized carbons (Fsp3) is 0.381. The van der Waals surface area contributed by atoms with Crippen LogP contribution in [0.25, 0.3) is 10.9 Å². The van der Waals surface area contributed by atoms with Gasteiger partial charge in [0, 0.05) is 36.3 Å². The molecule has 7 nitrogen and oxygen atoms in total. The number of benzene rings is 1. The monoisotopic (exact) mass is 484 g/mol. The summed E-state index contributed by atoms with van der Waals surface area (Å²) in [6.07, 6.45) is -1.32. The molecule has 0 amide bonds. The number of pyridine rings is 1. The molecule has 0 radical (unpaired) electrons. The number of anilines is 1. The second-order valence-corrected chi connectivity index (χ2v) is 7.45. The van der Waals surface area contributed by atoms with Crippen molar-refractivity contribution in [2.75, 3.05) is 25.9 Å². The van der Waals surface area contributed by atoms with Crippen molar-refractivity contribution >= 4 is 41.5 Å². The van der Waals surface area contributed by atoms with E-state index in [1.54, 1.807) is 19.2 Å². The van der Waals surface area contributed by atoms with Gasteiger partial charge >= 0.3 is 0 Å². The largest absolute Gasteiger partial charge is 0.496 e. The summed E-state index contributed by atoms with van der Waals surface area (Å²) in [4.78, 5) is 3.94. The van der Waals surface area contributed by atoms with Crippen molar-refractivity contribution in [2.24, 2.45) is 0 Å². The Labute approximate surface area is 196 Å². The molecule has 1 atom stereocenters. The average molecular weight is 485 g/mol. The predicted octanol–water partition coefficient (Wildman–Crippen LogP) is 4.28. The number of fused-ring (bicyclic) bond motifs is 1. The zero-order valence-electron chi connectivity index (χ0n) is 17.7. The third-order valence-corrected chi connectivity index (χ3v) is 5.83. The second kappa shape index (κ2) is 9.86. The first-order valence-corrected chi connectivity index (χ1v) is 9.61. The number of hydrogen-bond donors (Lipinski definition) is 2. The molecule has 0 bridgehead atoms. The minimum atomic E-state index is -2.79. The van der Waals surface area contributed by atoms with Crippen LogP contribution >= 0.6 is 24.8 Å². The van der Waals surface area contributed by atoms with Crippen molar-refractivity contribution in [2.45, 2.75) is 32.2 Å². The molecule has 1 aliphatic rings. The lowest BCUT2D eigenvalue weighted by Crippen LogP contribution is -2.40. The van der Waals surface area contributed by atoms with Gasteiger partial charge in [-0.3, -0.25) is 4.68 Å². The number of alkyl halides is 2. The van der Waals surface area contributed by atoms with Crippen molar-refractivity contribution in [3.05, 3.63) is 46.3 Å². The van der Waals surface area contributed by atoms with E-state index in [-0.39, 0.29) is 41.9 Å². The maximum Gasteiger partial charge on any atom is 0.282 e. The fourth-order valence-corrected chi connectivity index (χ4v) is 4.16. The van der Waals surface area contributed by atoms with Crippen LogP contribution in [-0.4, -0.2) is 35.0 Å². The van der Waals surface area contributed by atoms with Crippen LogP contribution in [0.5, 0.6) is 5.75 Å². The molecule has 1 aromatic carbocycles. The van der Waals surface area contributed by atoms with E-state index in [1.807, 2.05) is 13.8 Å². The van der Waals surface area contributed by atoms with Crippen molar-refractivity contribution in [1.82, 2.24) is 20.1 Å². The van der Waals surface area contributed by atoms with Gasteiger partial charge in [0.15, 0.2) is 0 Å². The van der Waals surface area contributed by atoms with Crippen LogP contribution in [0, 0.1) is 18.3 Å². The lowest BCUT2D eigenvalue weighted by molar-refractivity contribution is 0.146. The predicted molar refractivity (Wildman–Crippen MR) is 123 cm³/mol. The van der Waals surface area contributed by atoms with Gasteiger partial charge in [0.05, 0.1) is 35.7 Å². The molecular formula is C21H24Cl2F2N6O. The van der Waals surface area contributed by atoms with Crippen LogP contribution in [0.1, 0.15) is 53.3 Å². The lowest BCUT2D eigenvalue weighted by Gasteiger charge is -2.32. The van der Waals surface area contributed by atoms with Crippen molar-refractivity contribution in [3.8, 4) is 11.8 Å². The molecule has 1 aliphatic heterocycles. The number of nitrogen functional groups attached to an aromatic ring is 1. The van der Waals surface area contributed by atoms with E-state index in [2.05, 4.69) is 21.5 Å². The van der Waals surface area contributed by atoms with Gasteiger partial charge in [-0.2, -0.15) is 10.4 Å². The first-order valence-electron chi connectivity index (χ1n) is 9.61. The third-order valence-electron chi connectivity index (χ3n) is 5.83. The Hall–Kier alpha value is -2.67. The number of methoxy groups -OCH3 is 1. The molecule has 3 aromatic rings. The van der Waals surface area contributed by atoms with Crippen LogP contribution in [0.3, 0.4) is 0 Å². The van der Waals surface area contributed by atoms with Gasteiger partial charge in [-0.15, -0.1) is 24.8 Å². The molecule has 3 heterocycles. The first-order chi connectivity index (χ1) is 14.4. The molecule has 32 heavy (non-hydrogen) atoms. The number of nitrogens with one attached hydrogen (secondary N) is 1. The van der Waals surface area contributed by atoms with Crippen LogP contribution in [-0.2, 0) is 0 Å². The molecule has 0 saturated carbocycles. The summed E-state index contributed by atoms with van der Waals surface area (Å²) >= 11 is 0. The normalized spacial score (nSPS) is 14.3. The zero-order valence-corrected chi connectivity index (χ0v) is 19.4. The Balaban J connectivity index is 0.00000181. The quantitative estimate of drug-likeness (QED) is 0.560. The van der Waals surface area contributed by atoms with Crippen LogP contribution in [0.2, 0.25) is 0 Å².